The molecule has 1 amide bonds. The molecule has 0 aliphatic heterocycles. The van der Waals surface area contributed by atoms with Gasteiger partial charge in [0.1, 0.15) is 0 Å². The molecule has 0 bridgehead atoms. The summed E-state index contributed by atoms with van der Waals surface area (Å²) >= 11 is 0. The number of rotatable bonds is 18. The van der Waals surface area contributed by atoms with E-state index in [9.17, 15) is 9.90 Å². The molecule has 1 unspecified atom stereocenters. The van der Waals surface area contributed by atoms with Crippen molar-refractivity contribution in [2.24, 2.45) is 0 Å². The molecule has 0 spiro atoms. The number of hydrogen-bond acceptors (Lipinski definition) is 2. The second-order valence-corrected chi connectivity index (χ2v) is 7.90. The van der Waals surface area contributed by atoms with Crippen molar-refractivity contribution in [2.75, 3.05) is 6.54 Å². The average Bonchev–Trinajstić information content (AvgIpc) is 2.74. The van der Waals surface area contributed by atoms with Gasteiger partial charge in [0.2, 0.25) is 5.91 Å². The van der Waals surface area contributed by atoms with E-state index in [0.29, 0.717) is 6.54 Å². The highest BCUT2D eigenvalue weighted by molar-refractivity contribution is 5.87. The van der Waals surface area contributed by atoms with Gasteiger partial charge in [-0.15, -0.1) is 0 Å². The van der Waals surface area contributed by atoms with Crippen LogP contribution in [0.25, 0.3) is 0 Å². The van der Waals surface area contributed by atoms with Gasteiger partial charge in [0.25, 0.3) is 0 Å². The monoisotopic (exact) mass is 415 g/mol. The Morgan fingerprint density at radius 2 is 1.30 bits per heavy atom. The van der Waals surface area contributed by atoms with Crippen LogP contribution in [0.5, 0.6) is 0 Å². The van der Waals surface area contributed by atoms with Crippen LogP contribution in [0.1, 0.15) is 91.4 Å². The molecule has 0 aromatic heterocycles. The van der Waals surface area contributed by atoms with Crippen molar-refractivity contribution in [2.45, 2.75) is 97.0 Å². The van der Waals surface area contributed by atoms with E-state index in [1.165, 1.54) is 6.42 Å². The number of aliphatic hydroxyl groups is 1. The van der Waals surface area contributed by atoms with E-state index >= 15 is 0 Å². The van der Waals surface area contributed by atoms with Crippen molar-refractivity contribution >= 4 is 5.91 Å². The SMILES string of the molecule is CCCC=CC=CC=CC=CCCC=CC(=O)NCC(O)(CCCC)CCCCC. The van der Waals surface area contributed by atoms with Crippen molar-refractivity contribution < 1.29 is 9.90 Å². The zero-order chi connectivity index (χ0) is 22.3. The Balaban J connectivity index is 4.11. The molecule has 30 heavy (non-hydrogen) atoms. The van der Waals surface area contributed by atoms with Gasteiger partial charge in [0, 0.05) is 6.54 Å². The molecule has 0 aromatic carbocycles. The fraction of sp³-hybridized carbons (Fsp3) is 0.593. The maximum atomic E-state index is 12.0. The van der Waals surface area contributed by atoms with Crippen LogP contribution in [0.15, 0.2) is 60.8 Å². The fourth-order valence-electron chi connectivity index (χ4n) is 2.98. The second kappa shape index (κ2) is 20.4. The first kappa shape index (κ1) is 28.1. The second-order valence-electron chi connectivity index (χ2n) is 7.90. The summed E-state index contributed by atoms with van der Waals surface area (Å²) in [5, 5.41) is 13.7. The zero-order valence-corrected chi connectivity index (χ0v) is 19.6. The standard InChI is InChI=1S/C27H45NO2/c1-4-7-10-11-12-13-14-15-16-17-18-19-20-22-26(29)28-25-27(30,23-9-6-3)24-21-8-5-2/h10-17,20,22,30H,4-9,18-19,21,23-25H2,1-3H3,(H,28,29). The summed E-state index contributed by atoms with van der Waals surface area (Å²) in [7, 11) is 0. The summed E-state index contributed by atoms with van der Waals surface area (Å²) in [6, 6.07) is 0. The molecule has 0 fully saturated rings. The number of hydrogen-bond donors (Lipinski definition) is 2. The van der Waals surface area contributed by atoms with Crippen LogP contribution in [0.2, 0.25) is 0 Å². The van der Waals surface area contributed by atoms with Crippen LogP contribution >= 0.6 is 0 Å². The number of amides is 1. The summed E-state index contributed by atoms with van der Waals surface area (Å²) in [5.41, 5.74) is -0.774. The Kier molecular flexibility index (Phi) is 19.1. The first-order valence-electron chi connectivity index (χ1n) is 11.9. The predicted octanol–water partition coefficient (Wildman–Crippen LogP) is 6.97. The van der Waals surface area contributed by atoms with Crippen molar-refractivity contribution in [1.82, 2.24) is 5.32 Å². The molecule has 170 valence electrons. The highest BCUT2D eigenvalue weighted by Crippen LogP contribution is 2.21. The van der Waals surface area contributed by atoms with Gasteiger partial charge in [-0.05, 0) is 38.2 Å². The molecule has 0 rings (SSSR count). The topological polar surface area (TPSA) is 49.3 Å². The van der Waals surface area contributed by atoms with Crippen LogP contribution in [0.4, 0.5) is 0 Å². The van der Waals surface area contributed by atoms with E-state index in [4.69, 9.17) is 0 Å². The Hall–Kier alpha value is -1.87. The summed E-state index contributed by atoms with van der Waals surface area (Å²) < 4.78 is 0. The van der Waals surface area contributed by atoms with E-state index in [0.717, 1.165) is 64.2 Å². The third-order valence-electron chi connectivity index (χ3n) is 4.89. The van der Waals surface area contributed by atoms with E-state index < -0.39 is 5.60 Å². The van der Waals surface area contributed by atoms with Gasteiger partial charge in [-0.2, -0.15) is 0 Å². The lowest BCUT2D eigenvalue weighted by Gasteiger charge is -2.28. The number of unbranched alkanes of at least 4 members (excludes halogenated alkanes) is 5. The van der Waals surface area contributed by atoms with Gasteiger partial charge >= 0.3 is 0 Å². The van der Waals surface area contributed by atoms with Crippen molar-refractivity contribution in [3.8, 4) is 0 Å². The van der Waals surface area contributed by atoms with Gasteiger partial charge in [-0.3, -0.25) is 4.79 Å². The third kappa shape index (κ3) is 18.2. The van der Waals surface area contributed by atoms with Crippen LogP contribution in [-0.2, 0) is 4.79 Å². The Bertz CT molecular complexity index is 557. The van der Waals surface area contributed by atoms with Crippen molar-refractivity contribution in [1.29, 1.82) is 0 Å². The fourth-order valence-corrected chi connectivity index (χ4v) is 2.98. The maximum absolute atomic E-state index is 12.0. The minimum Gasteiger partial charge on any atom is -0.388 e. The third-order valence-corrected chi connectivity index (χ3v) is 4.89. The maximum Gasteiger partial charge on any atom is 0.243 e. The van der Waals surface area contributed by atoms with Crippen LogP contribution in [-0.4, -0.2) is 23.2 Å². The van der Waals surface area contributed by atoms with E-state index in [1.54, 1.807) is 6.08 Å². The van der Waals surface area contributed by atoms with E-state index in [1.807, 2.05) is 36.5 Å². The summed E-state index contributed by atoms with van der Waals surface area (Å²) in [5.74, 6) is -0.120. The molecule has 2 N–H and O–H groups in total. The van der Waals surface area contributed by atoms with Crippen LogP contribution in [0, 0.1) is 0 Å². The molecule has 0 saturated heterocycles. The van der Waals surface area contributed by atoms with Gasteiger partial charge in [-0.25, -0.2) is 0 Å². The molecule has 3 nitrogen and oxygen atoms in total. The first-order valence-corrected chi connectivity index (χ1v) is 11.9. The Morgan fingerprint density at radius 1 is 0.733 bits per heavy atom. The average molecular weight is 416 g/mol. The number of carbonyl (C=O) groups is 1. The lowest BCUT2D eigenvalue weighted by atomic mass is 9.90. The highest BCUT2D eigenvalue weighted by Gasteiger charge is 2.25. The van der Waals surface area contributed by atoms with E-state index in [2.05, 4.69) is 44.3 Å². The number of carbonyl (C=O) groups excluding carboxylic acids is 1. The molecule has 0 aliphatic rings. The van der Waals surface area contributed by atoms with Crippen molar-refractivity contribution in [3.05, 3.63) is 60.8 Å². The number of allylic oxidation sites excluding steroid dienone is 9. The van der Waals surface area contributed by atoms with Gasteiger partial charge < -0.3 is 10.4 Å². The van der Waals surface area contributed by atoms with Gasteiger partial charge in [0.05, 0.1) is 5.60 Å². The lowest BCUT2D eigenvalue weighted by molar-refractivity contribution is -0.118. The Morgan fingerprint density at radius 3 is 1.93 bits per heavy atom. The largest absolute Gasteiger partial charge is 0.388 e. The minimum atomic E-state index is -0.774. The van der Waals surface area contributed by atoms with Gasteiger partial charge in [0.15, 0.2) is 0 Å². The van der Waals surface area contributed by atoms with Crippen LogP contribution in [0.3, 0.4) is 0 Å². The first-order chi connectivity index (χ1) is 14.6. The highest BCUT2D eigenvalue weighted by atomic mass is 16.3. The molecular formula is C27H45NO2. The molecule has 0 heterocycles. The molecular weight excluding hydrogens is 370 g/mol. The smallest absolute Gasteiger partial charge is 0.243 e. The summed E-state index contributed by atoms with van der Waals surface area (Å²) in [6.45, 7) is 6.80. The molecule has 0 aromatic rings. The predicted molar refractivity (Wildman–Crippen MR) is 131 cm³/mol. The molecule has 1 atom stereocenters. The van der Waals surface area contributed by atoms with Gasteiger partial charge in [-0.1, -0.05) is 114 Å². The molecule has 3 heteroatoms. The lowest BCUT2D eigenvalue weighted by Crippen LogP contribution is -2.42. The molecule has 0 aliphatic carbocycles. The van der Waals surface area contributed by atoms with Crippen LogP contribution < -0.4 is 5.32 Å². The molecule has 0 radical (unpaired) electrons. The van der Waals surface area contributed by atoms with Crippen molar-refractivity contribution in [3.63, 3.8) is 0 Å². The van der Waals surface area contributed by atoms with E-state index in [-0.39, 0.29) is 5.91 Å². The Labute approximate surface area is 185 Å². The number of nitrogens with one attached hydrogen (secondary N) is 1. The quantitative estimate of drug-likeness (QED) is 0.144. The summed E-state index contributed by atoms with van der Waals surface area (Å²) in [6.07, 6.45) is 30.7. The zero-order valence-electron chi connectivity index (χ0n) is 19.6. The summed E-state index contributed by atoms with van der Waals surface area (Å²) in [4.78, 5) is 12.0. The normalized spacial score (nSPS) is 14.7. The minimum absolute atomic E-state index is 0.120. The molecule has 0 saturated carbocycles.